The second-order valence-corrected chi connectivity index (χ2v) is 6.47. The zero-order valence-electron chi connectivity index (χ0n) is 6.34. The minimum Gasteiger partial charge on any atom is -0.395 e. The van der Waals surface area contributed by atoms with Crippen molar-refractivity contribution < 1.29 is 19.9 Å². The lowest BCUT2D eigenvalue weighted by Gasteiger charge is -2.17. The van der Waals surface area contributed by atoms with Crippen LogP contribution in [0, 0.1) is 0 Å². The molecule has 1 aliphatic heterocycles. The summed E-state index contributed by atoms with van der Waals surface area (Å²) >= 11 is 0. The van der Waals surface area contributed by atoms with Crippen LogP contribution in [0.3, 0.4) is 0 Å². The molecule has 0 aromatic carbocycles. The zero-order valence-corrected chi connectivity index (χ0v) is 7.24. The molecule has 0 bridgehead atoms. The first-order valence-electron chi connectivity index (χ1n) is 3.54. The molecule has 1 saturated heterocycles. The van der Waals surface area contributed by atoms with Crippen LogP contribution in [0.1, 0.15) is 6.42 Å². The van der Waals surface area contributed by atoms with Gasteiger partial charge in [0, 0.05) is 6.42 Å². The molecule has 0 aliphatic carbocycles. The third-order valence-electron chi connectivity index (χ3n) is 2.33. The molecule has 0 amide bonds. The van der Waals surface area contributed by atoms with E-state index in [0.29, 0.717) is 0 Å². The number of aliphatic hydroxyl groups is 3. The Bertz CT molecular complexity index is 193. The lowest BCUT2D eigenvalue weighted by Crippen LogP contribution is -2.22. The maximum Gasteiger partial charge on any atom is 0.120 e. The van der Waals surface area contributed by atoms with Gasteiger partial charge < -0.3 is 19.9 Å². The van der Waals surface area contributed by atoms with Crippen molar-refractivity contribution in [3.63, 3.8) is 0 Å². The van der Waals surface area contributed by atoms with Crippen molar-refractivity contribution in [2.24, 2.45) is 0 Å². The summed E-state index contributed by atoms with van der Waals surface area (Å²) in [7, 11) is -2.74. The predicted octanol–water partition coefficient (Wildman–Crippen LogP) is -0.577. The van der Waals surface area contributed by atoms with Gasteiger partial charge in [0.2, 0.25) is 0 Å². The highest BCUT2D eigenvalue weighted by Gasteiger charge is 2.47. The van der Waals surface area contributed by atoms with Crippen molar-refractivity contribution in [3.05, 3.63) is 0 Å². The molecular formula is C6H13O4P. The summed E-state index contributed by atoms with van der Waals surface area (Å²) in [6, 6.07) is 0. The predicted molar refractivity (Wildman–Crippen MR) is 41.0 cm³/mol. The van der Waals surface area contributed by atoms with E-state index < -0.39 is 24.7 Å². The molecule has 66 valence electrons. The van der Waals surface area contributed by atoms with Crippen LogP contribution in [0.25, 0.3) is 0 Å². The fraction of sp³-hybridized carbons (Fsp3) is 1.00. The molecule has 0 saturated carbocycles. The third-order valence-corrected chi connectivity index (χ3v) is 5.55. The number of rotatable bonds is 1. The Balaban J connectivity index is 2.85. The second-order valence-electron chi connectivity index (χ2n) is 3.09. The van der Waals surface area contributed by atoms with Gasteiger partial charge in [-0.25, -0.2) is 0 Å². The Morgan fingerprint density at radius 2 is 2.09 bits per heavy atom. The molecule has 5 heteroatoms. The highest BCUT2D eigenvalue weighted by atomic mass is 31.2. The van der Waals surface area contributed by atoms with E-state index in [1.165, 1.54) is 6.66 Å². The first kappa shape index (κ1) is 9.20. The van der Waals surface area contributed by atoms with Crippen molar-refractivity contribution in [1.29, 1.82) is 0 Å². The molecule has 0 aromatic rings. The average Bonchev–Trinajstić information content (AvgIpc) is 2.04. The average molecular weight is 180 g/mol. The SMILES string of the molecule is CP1(=O)C(O)C[C@H](O)C1CO. The van der Waals surface area contributed by atoms with Crippen molar-refractivity contribution in [2.75, 3.05) is 13.3 Å². The Hall–Kier alpha value is 0.110. The highest BCUT2D eigenvalue weighted by molar-refractivity contribution is 7.64. The quantitative estimate of drug-likeness (QED) is 0.472. The Morgan fingerprint density at radius 1 is 1.55 bits per heavy atom. The first-order valence-corrected chi connectivity index (χ1v) is 5.83. The zero-order chi connectivity index (χ0) is 8.65. The standard InChI is InChI=1S/C6H13O4P/c1-11(10)5(3-7)4(8)2-6(11)9/h4-9H,2-3H2,1H3/t4-,5?,6?,11?/m0/s1. The fourth-order valence-corrected chi connectivity index (χ4v) is 3.63. The van der Waals surface area contributed by atoms with E-state index in [0.717, 1.165) is 0 Å². The number of hydrogen-bond donors (Lipinski definition) is 3. The molecule has 1 fully saturated rings. The lowest BCUT2D eigenvalue weighted by molar-refractivity contribution is 0.118. The summed E-state index contributed by atoms with van der Waals surface area (Å²) in [5.41, 5.74) is -0.627. The third kappa shape index (κ3) is 1.36. The monoisotopic (exact) mass is 180 g/mol. The molecule has 11 heavy (non-hydrogen) atoms. The van der Waals surface area contributed by atoms with E-state index in [1.54, 1.807) is 0 Å². The maximum atomic E-state index is 11.5. The molecular weight excluding hydrogens is 167 g/mol. The molecule has 1 aliphatic rings. The normalized spacial score (nSPS) is 51.5. The van der Waals surface area contributed by atoms with Gasteiger partial charge in [-0.3, -0.25) is 0 Å². The van der Waals surface area contributed by atoms with Crippen LogP contribution in [0.15, 0.2) is 0 Å². The van der Waals surface area contributed by atoms with E-state index in [4.69, 9.17) is 5.11 Å². The van der Waals surface area contributed by atoms with Crippen molar-refractivity contribution in [3.8, 4) is 0 Å². The summed E-state index contributed by atoms with van der Waals surface area (Å²) < 4.78 is 11.5. The summed E-state index contributed by atoms with van der Waals surface area (Å²) in [6.07, 6.45) is -0.690. The van der Waals surface area contributed by atoms with Crippen molar-refractivity contribution in [1.82, 2.24) is 0 Å². The van der Waals surface area contributed by atoms with E-state index in [1.807, 2.05) is 0 Å². The number of hydrogen-bond acceptors (Lipinski definition) is 4. The first-order chi connectivity index (χ1) is 5.00. The van der Waals surface area contributed by atoms with Gasteiger partial charge in [0.05, 0.1) is 18.4 Å². The Labute approximate surface area is 65.2 Å². The summed E-state index contributed by atoms with van der Waals surface area (Å²) in [6.45, 7) is 1.11. The Morgan fingerprint density at radius 3 is 2.27 bits per heavy atom. The van der Waals surface area contributed by atoms with E-state index in [2.05, 4.69) is 0 Å². The molecule has 0 spiro atoms. The number of aliphatic hydroxyl groups excluding tert-OH is 3. The van der Waals surface area contributed by atoms with Crippen LogP contribution in [0.2, 0.25) is 0 Å². The van der Waals surface area contributed by atoms with Crippen LogP contribution in [-0.4, -0.2) is 46.2 Å². The minimum atomic E-state index is -2.74. The topological polar surface area (TPSA) is 77.8 Å². The lowest BCUT2D eigenvalue weighted by atomic mass is 10.2. The maximum absolute atomic E-state index is 11.5. The molecule has 1 rings (SSSR count). The molecule has 4 atom stereocenters. The van der Waals surface area contributed by atoms with E-state index in [9.17, 15) is 14.8 Å². The van der Waals surface area contributed by atoms with Crippen molar-refractivity contribution >= 4 is 7.14 Å². The van der Waals surface area contributed by atoms with Crippen LogP contribution in [0.4, 0.5) is 0 Å². The van der Waals surface area contributed by atoms with Crippen LogP contribution < -0.4 is 0 Å². The summed E-state index contributed by atoms with van der Waals surface area (Å²) in [5, 5.41) is 27.1. The van der Waals surface area contributed by atoms with Gasteiger partial charge in [0.15, 0.2) is 0 Å². The largest absolute Gasteiger partial charge is 0.395 e. The van der Waals surface area contributed by atoms with E-state index in [-0.39, 0.29) is 13.0 Å². The fourth-order valence-electron chi connectivity index (χ4n) is 1.43. The van der Waals surface area contributed by atoms with Gasteiger partial charge in [-0.2, -0.15) is 0 Å². The van der Waals surface area contributed by atoms with Crippen LogP contribution in [-0.2, 0) is 4.57 Å². The molecule has 1 heterocycles. The van der Waals surface area contributed by atoms with Gasteiger partial charge in [-0.05, 0) is 6.66 Å². The van der Waals surface area contributed by atoms with E-state index >= 15 is 0 Å². The minimum absolute atomic E-state index is 0.124. The molecule has 4 nitrogen and oxygen atoms in total. The van der Waals surface area contributed by atoms with Gasteiger partial charge in [0.1, 0.15) is 13.0 Å². The molecule has 0 aromatic heterocycles. The molecule has 3 unspecified atom stereocenters. The summed E-state index contributed by atoms with van der Waals surface area (Å²) in [5.74, 6) is -0.936. The second kappa shape index (κ2) is 2.87. The highest BCUT2D eigenvalue weighted by Crippen LogP contribution is 2.58. The van der Waals surface area contributed by atoms with Gasteiger partial charge in [0.25, 0.3) is 0 Å². The van der Waals surface area contributed by atoms with Gasteiger partial charge >= 0.3 is 0 Å². The van der Waals surface area contributed by atoms with Gasteiger partial charge in [-0.1, -0.05) is 0 Å². The van der Waals surface area contributed by atoms with Crippen LogP contribution in [0.5, 0.6) is 0 Å². The Kier molecular flexibility index (Phi) is 2.40. The molecule has 3 N–H and O–H groups in total. The van der Waals surface area contributed by atoms with Crippen molar-refractivity contribution in [2.45, 2.75) is 24.0 Å². The van der Waals surface area contributed by atoms with Crippen LogP contribution >= 0.6 is 7.14 Å². The summed E-state index contributed by atoms with van der Waals surface area (Å²) in [4.78, 5) is 0. The van der Waals surface area contributed by atoms with Gasteiger partial charge in [-0.15, -0.1) is 0 Å². The smallest absolute Gasteiger partial charge is 0.120 e. The molecule has 0 radical (unpaired) electrons.